The van der Waals surface area contributed by atoms with Gasteiger partial charge in [-0.25, -0.2) is 5.01 Å². The Kier molecular flexibility index (Phi) is 1.50. The highest BCUT2D eigenvalue weighted by atomic mass is 32.1. The van der Waals surface area contributed by atoms with E-state index in [1.165, 1.54) is 11.3 Å². The second-order valence-electron chi connectivity index (χ2n) is 2.35. The number of hydrazine groups is 1. The highest BCUT2D eigenvalue weighted by Gasteiger charge is 2.11. The first kappa shape index (κ1) is 6.60. The van der Waals surface area contributed by atoms with Gasteiger partial charge in [0.2, 0.25) is 0 Å². The molecule has 2 heterocycles. The third-order valence-corrected chi connectivity index (χ3v) is 2.41. The van der Waals surface area contributed by atoms with E-state index in [0.717, 1.165) is 0 Å². The van der Waals surface area contributed by atoms with Gasteiger partial charge in [-0.15, -0.1) is 16.5 Å². The lowest BCUT2D eigenvalue weighted by Crippen LogP contribution is -2.29. The Balaban J connectivity index is 2.22. The Morgan fingerprint density at radius 3 is 3.09 bits per heavy atom. The first-order valence-electron chi connectivity index (χ1n) is 3.30. The third-order valence-electron chi connectivity index (χ3n) is 1.56. The summed E-state index contributed by atoms with van der Waals surface area (Å²) < 4.78 is 0. The van der Waals surface area contributed by atoms with Gasteiger partial charge in [0.15, 0.2) is 6.67 Å². The molecule has 1 aromatic heterocycles. The fraction of sp³-hybridized carbons (Fsp3) is 0.333. The van der Waals surface area contributed by atoms with Crippen molar-refractivity contribution in [3.63, 3.8) is 0 Å². The molecule has 0 saturated carbocycles. The van der Waals surface area contributed by atoms with Crippen LogP contribution < -0.4 is 10.5 Å². The summed E-state index contributed by atoms with van der Waals surface area (Å²) in [6.07, 6.45) is 0. The van der Waals surface area contributed by atoms with E-state index in [4.69, 9.17) is 0 Å². The molecule has 5 heteroatoms. The van der Waals surface area contributed by atoms with Crippen molar-refractivity contribution in [2.24, 2.45) is 10.3 Å². The molecule has 1 aromatic rings. The number of hydrogen-bond acceptors (Lipinski definition) is 5. The Morgan fingerprint density at radius 2 is 2.55 bits per heavy atom. The van der Waals surface area contributed by atoms with E-state index in [2.05, 4.69) is 33.6 Å². The van der Waals surface area contributed by atoms with Crippen molar-refractivity contribution in [2.75, 3.05) is 11.7 Å². The van der Waals surface area contributed by atoms with Crippen LogP contribution in [0, 0.1) is 6.92 Å². The summed E-state index contributed by atoms with van der Waals surface area (Å²) in [5, 5.41) is 13.6. The van der Waals surface area contributed by atoms with Crippen molar-refractivity contribution in [3.8, 4) is 0 Å². The summed E-state index contributed by atoms with van der Waals surface area (Å²) in [5.74, 6) is 0. The Hall–Kier alpha value is -1.10. The van der Waals surface area contributed by atoms with Gasteiger partial charge in [0.25, 0.3) is 0 Å². The van der Waals surface area contributed by atoms with Crippen molar-refractivity contribution in [2.45, 2.75) is 6.92 Å². The Morgan fingerprint density at radius 1 is 1.64 bits per heavy atom. The van der Waals surface area contributed by atoms with Gasteiger partial charge in [0.1, 0.15) is 0 Å². The molecular weight excluding hydrogens is 160 g/mol. The van der Waals surface area contributed by atoms with Crippen molar-refractivity contribution < 1.29 is 0 Å². The zero-order valence-corrected chi connectivity index (χ0v) is 6.93. The summed E-state index contributed by atoms with van der Waals surface area (Å²) in [4.78, 5) is 0. The highest BCUT2D eigenvalue weighted by molar-refractivity contribution is 7.08. The summed E-state index contributed by atoms with van der Waals surface area (Å²) in [7, 11) is 0. The molecule has 0 radical (unpaired) electrons. The summed E-state index contributed by atoms with van der Waals surface area (Å²) in [6.45, 7) is 2.68. The van der Waals surface area contributed by atoms with Crippen molar-refractivity contribution in [1.29, 1.82) is 0 Å². The van der Waals surface area contributed by atoms with E-state index >= 15 is 0 Å². The van der Waals surface area contributed by atoms with Crippen molar-refractivity contribution in [3.05, 3.63) is 16.3 Å². The normalized spacial score (nSPS) is 15.5. The van der Waals surface area contributed by atoms with Crippen LogP contribution >= 0.6 is 11.3 Å². The molecule has 0 unspecified atom stereocenters. The van der Waals surface area contributed by atoms with Gasteiger partial charge < -0.3 is 0 Å². The molecule has 1 aliphatic heterocycles. The van der Waals surface area contributed by atoms with Gasteiger partial charge >= 0.3 is 0 Å². The van der Waals surface area contributed by atoms with Gasteiger partial charge in [-0.1, -0.05) is 5.22 Å². The van der Waals surface area contributed by atoms with Crippen LogP contribution in [0.5, 0.6) is 0 Å². The minimum absolute atomic E-state index is 0.609. The molecule has 11 heavy (non-hydrogen) atoms. The molecule has 0 aromatic carbocycles. The average Bonchev–Trinajstić information content (AvgIpc) is 2.55. The van der Waals surface area contributed by atoms with E-state index < -0.39 is 0 Å². The maximum absolute atomic E-state index is 3.81. The lowest BCUT2D eigenvalue weighted by atomic mass is 10.3. The van der Waals surface area contributed by atoms with Gasteiger partial charge in [-0.3, -0.25) is 0 Å². The number of hydrogen-bond donors (Lipinski definition) is 1. The molecule has 1 aliphatic rings. The molecule has 58 valence electrons. The number of anilines is 1. The first-order chi connectivity index (χ1) is 5.38. The quantitative estimate of drug-likeness (QED) is 0.693. The molecule has 0 saturated heterocycles. The maximum Gasteiger partial charge on any atom is 0.154 e. The predicted octanol–water partition coefficient (Wildman–Crippen LogP) is 1.71. The number of rotatable bonds is 1. The molecule has 1 N–H and O–H groups in total. The van der Waals surface area contributed by atoms with Gasteiger partial charge in [0.05, 0.1) is 5.69 Å². The van der Waals surface area contributed by atoms with Gasteiger partial charge in [-0.05, 0) is 17.9 Å². The third kappa shape index (κ3) is 1.07. The standard InChI is InChI=1S/C6H8N4S/c1-5-2-11-3-6(5)10-4-7-8-9-10/h2-3H,4H2,1H3,(H,7,9). The van der Waals surface area contributed by atoms with E-state index in [9.17, 15) is 0 Å². The summed E-state index contributed by atoms with van der Waals surface area (Å²) in [6, 6.07) is 0. The minimum Gasteiger partial charge on any atom is -0.246 e. The second-order valence-corrected chi connectivity index (χ2v) is 3.09. The van der Waals surface area contributed by atoms with Crippen LogP contribution in [0.4, 0.5) is 5.69 Å². The van der Waals surface area contributed by atoms with Gasteiger partial charge in [-0.2, -0.15) is 5.53 Å². The zero-order chi connectivity index (χ0) is 7.68. The average molecular weight is 168 g/mol. The highest BCUT2D eigenvalue weighted by Crippen LogP contribution is 2.23. The topological polar surface area (TPSA) is 40.0 Å². The lowest BCUT2D eigenvalue weighted by Gasteiger charge is -2.13. The largest absolute Gasteiger partial charge is 0.246 e. The van der Waals surface area contributed by atoms with E-state index in [0.29, 0.717) is 6.67 Å². The molecule has 0 atom stereocenters. The maximum atomic E-state index is 3.81. The SMILES string of the molecule is Cc1cscc1N1CN=NN1. The molecule has 0 bridgehead atoms. The zero-order valence-electron chi connectivity index (χ0n) is 6.11. The van der Waals surface area contributed by atoms with Gasteiger partial charge in [0, 0.05) is 5.38 Å². The minimum atomic E-state index is 0.609. The number of nitrogens with zero attached hydrogens (tertiary/aromatic N) is 3. The molecular formula is C6H8N4S. The predicted molar refractivity (Wildman–Crippen MR) is 44.4 cm³/mol. The van der Waals surface area contributed by atoms with Crippen LogP contribution in [0.1, 0.15) is 5.56 Å². The van der Waals surface area contributed by atoms with Crippen LogP contribution in [0.2, 0.25) is 0 Å². The van der Waals surface area contributed by atoms with Crippen LogP contribution in [-0.4, -0.2) is 6.67 Å². The molecule has 0 aliphatic carbocycles. The fourth-order valence-electron chi connectivity index (χ4n) is 0.972. The Bertz CT molecular complexity index is 272. The van der Waals surface area contributed by atoms with Crippen molar-refractivity contribution >= 4 is 17.0 Å². The molecule has 0 spiro atoms. The summed E-state index contributed by atoms with van der Waals surface area (Å²) >= 11 is 1.69. The molecule has 4 nitrogen and oxygen atoms in total. The van der Waals surface area contributed by atoms with E-state index in [1.54, 1.807) is 11.3 Å². The smallest absolute Gasteiger partial charge is 0.154 e. The number of nitrogens with one attached hydrogen (secondary N) is 1. The molecule has 0 amide bonds. The molecule has 2 rings (SSSR count). The second kappa shape index (κ2) is 2.50. The fourth-order valence-corrected chi connectivity index (χ4v) is 1.81. The van der Waals surface area contributed by atoms with Crippen LogP contribution in [0.25, 0.3) is 0 Å². The van der Waals surface area contributed by atoms with E-state index in [-0.39, 0.29) is 0 Å². The molecule has 0 fully saturated rings. The van der Waals surface area contributed by atoms with Crippen molar-refractivity contribution in [1.82, 2.24) is 5.53 Å². The monoisotopic (exact) mass is 168 g/mol. The number of thiophene rings is 1. The van der Waals surface area contributed by atoms with E-state index in [1.807, 2.05) is 5.01 Å². The lowest BCUT2D eigenvalue weighted by molar-refractivity contribution is 0.748. The number of aryl methyl sites for hydroxylation is 1. The van der Waals surface area contributed by atoms with Crippen LogP contribution in [0.3, 0.4) is 0 Å². The van der Waals surface area contributed by atoms with Crippen LogP contribution in [-0.2, 0) is 0 Å². The first-order valence-corrected chi connectivity index (χ1v) is 4.24. The Labute approximate surface area is 68.5 Å². The van der Waals surface area contributed by atoms with Crippen LogP contribution in [0.15, 0.2) is 21.1 Å². The summed E-state index contributed by atoms with van der Waals surface area (Å²) in [5.41, 5.74) is 5.22.